The molecular weight excluding hydrogens is 248 g/mol. The summed E-state index contributed by atoms with van der Waals surface area (Å²) in [6.07, 6.45) is 1.72. The average Bonchev–Trinajstić information content (AvgIpc) is 2.48. The molecule has 1 aromatic rings. The van der Waals surface area contributed by atoms with Crippen molar-refractivity contribution < 1.29 is 9.53 Å². The number of carbonyl (C=O) groups is 1. The third kappa shape index (κ3) is 2.35. The van der Waals surface area contributed by atoms with Crippen LogP contribution in [0.15, 0.2) is 6.33 Å². The zero-order chi connectivity index (χ0) is 10.7. The monoisotopic (exact) mass is 260 g/mol. The van der Waals surface area contributed by atoms with E-state index in [4.69, 9.17) is 0 Å². The van der Waals surface area contributed by atoms with Crippen LogP contribution in [0.2, 0.25) is 0 Å². The predicted molar refractivity (Wildman–Crippen MR) is 56.4 cm³/mol. The van der Waals surface area contributed by atoms with Crippen LogP contribution >= 0.6 is 15.9 Å². The fourth-order valence-electron chi connectivity index (χ4n) is 1.10. The molecule has 4 nitrogen and oxygen atoms in total. The van der Waals surface area contributed by atoms with Gasteiger partial charge in [0.15, 0.2) is 0 Å². The molecule has 0 N–H and O–H groups in total. The molecule has 0 spiro atoms. The first-order chi connectivity index (χ1) is 6.56. The lowest BCUT2D eigenvalue weighted by atomic mass is 10.3. The van der Waals surface area contributed by atoms with Crippen LogP contribution in [-0.2, 0) is 16.1 Å². The smallest absolute Gasteiger partial charge is 0.321 e. The van der Waals surface area contributed by atoms with Crippen LogP contribution in [0, 0.1) is 13.8 Å². The summed E-state index contributed by atoms with van der Waals surface area (Å²) in [5, 5.41) is 0. The molecule has 1 atom stereocenters. The highest BCUT2D eigenvalue weighted by Gasteiger charge is 2.16. The Bertz CT molecular complexity index is 336. The van der Waals surface area contributed by atoms with E-state index >= 15 is 0 Å². The van der Waals surface area contributed by atoms with E-state index in [0.29, 0.717) is 6.54 Å². The first kappa shape index (κ1) is 11.2. The van der Waals surface area contributed by atoms with Crippen molar-refractivity contribution in [3.63, 3.8) is 0 Å². The Morgan fingerprint density at radius 3 is 2.79 bits per heavy atom. The van der Waals surface area contributed by atoms with Gasteiger partial charge in [-0.25, -0.2) is 4.98 Å². The number of alkyl halides is 1. The first-order valence-corrected chi connectivity index (χ1v) is 5.18. The van der Waals surface area contributed by atoms with Gasteiger partial charge in [-0.1, -0.05) is 15.9 Å². The number of carbonyl (C=O) groups excluding carboxylic acids is 1. The number of aromatic nitrogens is 2. The van der Waals surface area contributed by atoms with E-state index in [-0.39, 0.29) is 10.8 Å². The van der Waals surface area contributed by atoms with Crippen molar-refractivity contribution >= 4 is 21.9 Å². The lowest BCUT2D eigenvalue weighted by Gasteiger charge is -2.09. The van der Waals surface area contributed by atoms with Crippen LogP contribution in [0.4, 0.5) is 0 Å². The number of nitrogens with zero attached hydrogens (tertiary/aromatic N) is 2. The second kappa shape index (κ2) is 4.59. The van der Waals surface area contributed by atoms with Gasteiger partial charge in [0.05, 0.1) is 19.1 Å². The minimum Gasteiger partial charge on any atom is -0.468 e. The Labute approximate surface area is 91.4 Å². The molecule has 0 saturated carbocycles. The third-order valence-corrected chi connectivity index (χ3v) is 2.82. The van der Waals surface area contributed by atoms with Gasteiger partial charge in [-0.3, -0.25) is 4.79 Å². The van der Waals surface area contributed by atoms with Gasteiger partial charge in [-0.15, -0.1) is 0 Å². The molecule has 1 aromatic heterocycles. The first-order valence-electron chi connectivity index (χ1n) is 4.26. The molecule has 14 heavy (non-hydrogen) atoms. The summed E-state index contributed by atoms with van der Waals surface area (Å²) in [4.78, 5) is 15.0. The molecule has 0 aromatic carbocycles. The van der Waals surface area contributed by atoms with Crippen LogP contribution in [0.1, 0.15) is 11.4 Å². The summed E-state index contributed by atoms with van der Waals surface area (Å²) in [5.74, 6) is -0.268. The summed E-state index contributed by atoms with van der Waals surface area (Å²) < 4.78 is 6.53. The molecule has 0 bridgehead atoms. The van der Waals surface area contributed by atoms with Crippen molar-refractivity contribution in [3.8, 4) is 0 Å². The van der Waals surface area contributed by atoms with Crippen molar-refractivity contribution in [2.75, 3.05) is 7.11 Å². The summed E-state index contributed by atoms with van der Waals surface area (Å²) in [6.45, 7) is 4.45. The average molecular weight is 261 g/mol. The highest BCUT2D eigenvalue weighted by molar-refractivity contribution is 9.10. The summed E-state index contributed by atoms with van der Waals surface area (Å²) in [6, 6.07) is 0. The number of halogens is 1. The van der Waals surface area contributed by atoms with Crippen molar-refractivity contribution in [3.05, 3.63) is 17.7 Å². The molecule has 1 unspecified atom stereocenters. The Morgan fingerprint density at radius 1 is 1.71 bits per heavy atom. The number of imidazole rings is 1. The van der Waals surface area contributed by atoms with Crippen molar-refractivity contribution in [2.45, 2.75) is 25.2 Å². The number of rotatable bonds is 3. The van der Waals surface area contributed by atoms with Crippen LogP contribution in [-0.4, -0.2) is 27.5 Å². The molecule has 1 heterocycles. The number of methoxy groups -OCH3 is 1. The molecular formula is C9H13BrN2O2. The second-order valence-corrected chi connectivity index (χ2v) is 4.16. The molecule has 0 aliphatic carbocycles. The van der Waals surface area contributed by atoms with Crippen LogP contribution in [0.25, 0.3) is 0 Å². The van der Waals surface area contributed by atoms with E-state index in [1.807, 2.05) is 18.4 Å². The number of hydrogen-bond donors (Lipinski definition) is 0. The normalized spacial score (nSPS) is 12.6. The van der Waals surface area contributed by atoms with Crippen LogP contribution < -0.4 is 0 Å². The minimum absolute atomic E-state index is 0.268. The molecule has 0 radical (unpaired) electrons. The lowest BCUT2D eigenvalue weighted by molar-refractivity contribution is -0.140. The SMILES string of the molecule is COC(=O)C(Br)Cn1cnc(C)c1C. The van der Waals surface area contributed by atoms with E-state index in [9.17, 15) is 4.79 Å². The Morgan fingerprint density at radius 2 is 2.36 bits per heavy atom. The van der Waals surface area contributed by atoms with Crippen LogP contribution in [0.3, 0.4) is 0 Å². The number of hydrogen-bond acceptors (Lipinski definition) is 3. The second-order valence-electron chi connectivity index (χ2n) is 3.06. The number of esters is 1. The zero-order valence-electron chi connectivity index (χ0n) is 8.45. The molecule has 78 valence electrons. The Balaban J connectivity index is 2.69. The molecule has 1 rings (SSSR count). The molecule has 0 saturated heterocycles. The minimum atomic E-state index is -0.320. The summed E-state index contributed by atoms with van der Waals surface area (Å²) in [7, 11) is 1.38. The largest absolute Gasteiger partial charge is 0.468 e. The molecule has 0 fully saturated rings. The quantitative estimate of drug-likeness (QED) is 0.610. The number of aryl methyl sites for hydroxylation is 1. The van der Waals surface area contributed by atoms with Gasteiger partial charge in [0.1, 0.15) is 4.83 Å². The lowest BCUT2D eigenvalue weighted by Crippen LogP contribution is -2.21. The highest BCUT2D eigenvalue weighted by atomic mass is 79.9. The van der Waals surface area contributed by atoms with Crippen molar-refractivity contribution in [1.29, 1.82) is 0 Å². The van der Waals surface area contributed by atoms with E-state index in [1.54, 1.807) is 6.33 Å². The summed E-state index contributed by atoms with van der Waals surface area (Å²) >= 11 is 3.26. The standard InChI is InChI=1S/C9H13BrN2O2/c1-6-7(2)12(5-11-6)4-8(10)9(13)14-3/h5,8H,4H2,1-3H3. The maximum Gasteiger partial charge on any atom is 0.321 e. The Hall–Kier alpha value is -0.840. The van der Waals surface area contributed by atoms with Gasteiger partial charge in [0.25, 0.3) is 0 Å². The third-order valence-electron chi connectivity index (χ3n) is 2.16. The summed E-state index contributed by atoms with van der Waals surface area (Å²) in [5.41, 5.74) is 2.05. The number of ether oxygens (including phenoxy) is 1. The van der Waals surface area contributed by atoms with Crippen molar-refractivity contribution in [2.24, 2.45) is 0 Å². The fourth-order valence-corrected chi connectivity index (χ4v) is 1.60. The van der Waals surface area contributed by atoms with E-state index in [2.05, 4.69) is 25.7 Å². The van der Waals surface area contributed by atoms with Gasteiger partial charge >= 0.3 is 5.97 Å². The van der Waals surface area contributed by atoms with E-state index in [0.717, 1.165) is 11.4 Å². The van der Waals surface area contributed by atoms with Gasteiger partial charge in [0.2, 0.25) is 0 Å². The molecule has 5 heteroatoms. The van der Waals surface area contributed by atoms with Gasteiger partial charge in [0, 0.05) is 12.2 Å². The molecule has 0 amide bonds. The van der Waals surface area contributed by atoms with E-state index < -0.39 is 0 Å². The maximum atomic E-state index is 11.1. The fraction of sp³-hybridized carbons (Fsp3) is 0.556. The van der Waals surface area contributed by atoms with Crippen molar-refractivity contribution in [1.82, 2.24) is 9.55 Å². The highest BCUT2D eigenvalue weighted by Crippen LogP contribution is 2.10. The molecule has 0 aliphatic heterocycles. The topological polar surface area (TPSA) is 44.1 Å². The van der Waals surface area contributed by atoms with Gasteiger partial charge < -0.3 is 9.30 Å². The maximum absolute atomic E-state index is 11.1. The van der Waals surface area contributed by atoms with E-state index in [1.165, 1.54) is 7.11 Å². The molecule has 0 aliphatic rings. The van der Waals surface area contributed by atoms with Gasteiger partial charge in [-0.2, -0.15) is 0 Å². The van der Waals surface area contributed by atoms with Crippen LogP contribution in [0.5, 0.6) is 0 Å². The zero-order valence-corrected chi connectivity index (χ0v) is 10.0. The predicted octanol–water partition coefficient (Wildman–Crippen LogP) is 1.44. The Kier molecular flexibility index (Phi) is 3.69. The van der Waals surface area contributed by atoms with Gasteiger partial charge in [-0.05, 0) is 13.8 Å².